The van der Waals surface area contributed by atoms with Crippen LogP contribution in [0.15, 0.2) is 24.3 Å². The first-order valence-corrected chi connectivity index (χ1v) is 7.41. The summed E-state index contributed by atoms with van der Waals surface area (Å²) >= 11 is 0. The Balaban J connectivity index is 1.41. The highest BCUT2D eigenvalue weighted by Crippen LogP contribution is 2.21. The SMILES string of the molecule is O=C(CCNC1Cc2ccccc2C1)N1CCCC1. The number of carbonyl (C=O) groups excluding carboxylic acids is 1. The highest BCUT2D eigenvalue weighted by Gasteiger charge is 2.21. The second kappa shape index (κ2) is 5.74. The molecule has 3 nitrogen and oxygen atoms in total. The largest absolute Gasteiger partial charge is 0.343 e. The van der Waals surface area contributed by atoms with Gasteiger partial charge in [0.1, 0.15) is 0 Å². The third-order valence-corrected chi connectivity index (χ3v) is 4.28. The van der Waals surface area contributed by atoms with Gasteiger partial charge >= 0.3 is 0 Å². The first kappa shape index (κ1) is 12.7. The van der Waals surface area contributed by atoms with Crippen LogP contribution in [0.3, 0.4) is 0 Å². The molecule has 1 amide bonds. The van der Waals surface area contributed by atoms with E-state index in [4.69, 9.17) is 0 Å². The quantitative estimate of drug-likeness (QED) is 0.892. The van der Waals surface area contributed by atoms with Crippen molar-refractivity contribution in [2.45, 2.75) is 38.1 Å². The van der Waals surface area contributed by atoms with Crippen molar-refractivity contribution in [2.75, 3.05) is 19.6 Å². The number of fused-ring (bicyclic) bond motifs is 1. The van der Waals surface area contributed by atoms with Crippen LogP contribution in [0.25, 0.3) is 0 Å². The van der Waals surface area contributed by atoms with Gasteiger partial charge in [0.15, 0.2) is 0 Å². The molecule has 0 aromatic heterocycles. The number of amides is 1. The van der Waals surface area contributed by atoms with Crippen molar-refractivity contribution in [3.8, 4) is 0 Å². The molecule has 0 radical (unpaired) electrons. The molecule has 1 N–H and O–H groups in total. The zero-order chi connectivity index (χ0) is 13.1. The number of rotatable bonds is 4. The standard InChI is InChI=1S/C16H22N2O/c19-16(18-9-3-4-10-18)7-8-17-15-11-13-5-1-2-6-14(13)12-15/h1-2,5-6,15,17H,3-4,7-12H2. The van der Waals surface area contributed by atoms with E-state index in [0.717, 1.165) is 32.5 Å². The van der Waals surface area contributed by atoms with Crippen LogP contribution in [0, 0.1) is 0 Å². The fourth-order valence-corrected chi connectivity index (χ4v) is 3.21. The number of likely N-dealkylation sites (tertiary alicyclic amines) is 1. The molecule has 1 heterocycles. The average Bonchev–Trinajstić information content (AvgIpc) is 3.07. The first-order valence-electron chi connectivity index (χ1n) is 7.41. The molecule has 0 spiro atoms. The van der Waals surface area contributed by atoms with E-state index in [1.807, 2.05) is 4.90 Å². The first-order chi connectivity index (χ1) is 9.33. The summed E-state index contributed by atoms with van der Waals surface area (Å²) in [5.74, 6) is 0.320. The lowest BCUT2D eigenvalue weighted by atomic mass is 10.1. The Morgan fingerprint density at radius 1 is 1.16 bits per heavy atom. The molecule has 0 unspecified atom stereocenters. The van der Waals surface area contributed by atoms with Crippen LogP contribution < -0.4 is 5.32 Å². The topological polar surface area (TPSA) is 32.3 Å². The number of hydrogen-bond donors (Lipinski definition) is 1. The highest BCUT2D eigenvalue weighted by atomic mass is 16.2. The molecule has 0 saturated carbocycles. The third-order valence-electron chi connectivity index (χ3n) is 4.28. The van der Waals surface area contributed by atoms with E-state index in [2.05, 4.69) is 29.6 Å². The third kappa shape index (κ3) is 2.98. The molecule has 1 saturated heterocycles. The van der Waals surface area contributed by atoms with Crippen LogP contribution in [0.1, 0.15) is 30.4 Å². The molecule has 0 atom stereocenters. The smallest absolute Gasteiger partial charge is 0.223 e. The summed E-state index contributed by atoms with van der Waals surface area (Å²) in [7, 11) is 0. The molecule has 3 rings (SSSR count). The number of carbonyl (C=O) groups is 1. The van der Waals surface area contributed by atoms with Crippen molar-refractivity contribution in [3.05, 3.63) is 35.4 Å². The fourth-order valence-electron chi connectivity index (χ4n) is 3.21. The maximum atomic E-state index is 11.9. The van der Waals surface area contributed by atoms with Crippen molar-refractivity contribution in [1.82, 2.24) is 10.2 Å². The minimum atomic E-state index is 0.320. The van der Waals surface area contributed by atoms with Gasteiger partial charge in [-0.1, -0.05) is 24.3 Å². The normalized spacial score (nSPS) is 18.8. The summed E-state index contributed by atoms with van der Waals surface area (Å²) in [6.07, 6.45) is 5.21. The molecule has 1 fully saturated rings. The minimum Gasteiger partial charge on any atom is -0.343 e. The minimum absolute atomic E-state index is 0.320. The molecular weight excluding hydrogens is 236 g/mol. The lowest BCUT2D eigenvalue weighted by Crippen LogP contribution is -2.35. The Morgan fingerprint density at radius 3 is 2.42 bits per heavy atom. The van der Waals surface area contributed by atoms with E-state index in [9.17, 15) is 4.79 Å². The van der Waals surface area contributed by atoms with E-state index in [1.165, 1.54) is 24.0 Å². The summed E-state index contributed by atoms with van der Waals surface area (Å²) in [5.41, 5.74) is 2.93. The molecule has 1 aromatic rings. The van der Waals surface area contributed by atoms with E-state index < -0.39 is 0 Å². The highest BCUT2D eigenvalue weighted by molar-refractivity contribution is 5.76. The van der Waals surface area contributed by atoms with Crippen molar-refractivity contribution in [2.24, 2.45) is 0 Å². The van der Waals surface area contributed by atoms with Gasteiger partial charge < -0.3 is 10.2 Å². The van der Waals surface area contributed by atoms with Crippen molar-refractivity contribution in [3.63, 3.8) is 0 Å². The predicted molar refractivity (Wildman–Crippen MR) is 76.1 cm³/mol. The monoisotopic (exact) mass is 258 g/mol. The molecule has 1 aromatic carbocycles. The average molecular weight is 258 g/mol. The van der Waals surface area contributed by atoms with Crippen LogP contribution in [-0.4, -0.2) is 36.5 Å². The van der Waals surface area contributed by atoms with Crippen LogP contribution in [0.4, 0.5) is 0 Å². The second-order valence-electron chi connectivity index (χ2n) is 5.67. The Labute approximate surface area is 115 Å². The fraction of sp³-hybridized carbons (Fsp3) is 0.562. The summed E-state index contributed by atoms with van der Waals surface area (Å²) in [5, 5.41) is 3.54. The zero-order valence-electron chi connectivity index (χ0n) is 11.4. The summed E-state index contributed by atoms with van der Waals surface area (Å²) < 4.78 is 0. The van der Waals surface area contributed by atoms with Gasteiger partial charge in [0.05, 0.1) is 0 Å². The molecule has 2 aliphatic rings. The zero-order valence-corrected chi connectivity index (χ0v) is 11.4. The van der Waals surface area contributed by atoms with Gasteiger partial charge in [0.25, 0.3) is 0 Å². The van der Waals surface area contributed by atoms with Gasteiger partial charge in [-0.05, 0) is 36.8 Å². The van der Waals surface area contributed by atoms with Gasteiger partial charge in [0, 0.05) is 32.1 Å². The summed E-state index contributed by atoms with van der Waals surface area (Å²) in [6.45, 7) is 2.75. The second-order valence-corrected chi connectivity index (χ2v) is 5.67. The van der Waals surface area contributed by atoms with Crippen molar-refractivity contribution in [1.29, 1.82) is 0 Å². The van der Waals surface area contributed by atoms with Crippen LogP contribution in [0.2, 0.25) is 0 Å². The maximum absolute atomic E-state index is 11.9. The Bertz CT molecular complexity index is 427. The van der Waals surface area contributed by atoms with Crippen LogP contribution in [-0.2, 0) is 17.6 Å². The summed E-state index contributed by atoms with van der Waals surface area (Å²) in [4.78, 5) is 13.9. The number of nitrogens with zero attached hydrogens (tertiary/aromatic N) is 1. The van der Waals surface area contributed by atoms with E-state index in [0.29, 0.717) is 18.4 Å². The molecule has 3 heteroatoms. The van der Waals surface area contributed by atoms with Crippen LogP contribution >= 0.6 is 0 Å². The van der Waals surface area contributed by atoms with Gasteiger partial charge in [0.2, 0.25) is 5.91 Å². The Kier molecular flexibility index (Phi) is 3.83. The molecule has 0 bridgehead atoms. The van der Waals surface area contributed by atoms with E-state index in [-0.39, 0.29) is 0 Å². The molecule has 1 aliphatic heterocycles. The molecule has 19 heavy (non-hydrogen) atoms. The Hall–Kier alpha value is -1.35. The van der Waals surface area contributed by atoms with Crippen molar-refractivity contribution < 1.29 is 4.79 Å². The van der Waals surface area contributed by atoms with Crippen molar-refractivity contribution >= 4 is 5.91 Å². The number of benzene rings is 1. The molecular formula is C16H22N2O. The summed E-state index contributed by atoms with van der Waals surface area (Å²) in [6, 6.07) is 9.17. The number of nitrogens with one attached hydrogen (secondary N) is 1. The van der Waals surface area contributed by atoms with Crippen LogP contribution in [0.5, 0.6) is 0 Å². The lowest BCUT2D eigenvalue weighted by molar-refractivity contribution is -0.130. The van der Waals surface area contributed by atoms with Gasteiger partial charge in [-0.3, -0.25) is 4.79 Å². The molecule has 1 aliphatic carbocycles. The van der Waals surface area contributed by atoms with E-state index in [1.54, 1.807) is 0 Å². The van der Waals surface area contributed by atoms with Gasteiger partial charge in [-0.15, -0.1) is 0 Å². The lowest BCUT2D eigenvalue weighted by Gasteiger charge is -2.16. The molecule has 102 valence electrons. The maximum Gasteiger partial charge on any atom is 0.223 e. The van der Waals surface area contributed by atoms with Gasteiger partial charge in [-0.25, -0.2) is 0 Å². The number of hydrogen-bond acceptors (Lipinski definition) is 2. The van der Waals surface area contributed by atoms with Gasteiger partial charge in [-0.2, -0.15) is 0 Å². The predicted octanol–water partition coefficient (Wildman–Crippen LogP) is 1.76. The Morgan fingerprint density at radius 2 is 1.79 bits per heavy atom. The van der Waals surface area contributed by atoms with E-state index >= 15 is 0 Å².